The number of methoxy groups -OCH3 is 1. The number of benzene rings is 3. The number of anilines is 2. The Labute approximate surface area is 201 Å². The van der Waals surface area contributed by atoms with Gasteiger partial charge in [0.25, 0.3) is 5.91 Å². The average molecular weight is 473 g/mol. The number of rotatable bonds is 10. The van der Waals surface area contributed by atoms with E-state index in [1.807, 2.05) is 18.2 Å². The molecule has 4 aromatic rings. The maximum Gasteiger partial charge on any atom is 0.337 e. The van der Waals surface area contributed by atoms with Crippen LogP contribution in [0.1, 0.15) is 26.3 Å². The Morgan fingerprint density at radius 3 is 2.63 bits per heavy atom. The van der Waals surface area contributed by atoms with Crippen LogP contribution in [0.4, 0.5) is 11.5 Å². The second kappa shape index (κ2) is 11.1. The van der Waals surface area contributed by atoms with Gasteiger partial charge < -0.3 is 25.2 Å². The molecule has 35 heavy (non-hydrogen) atoms. The minimum absolute atomic E-state index is 0.117. The highest BCUT2D eigenvalue weighted by Crippen LogP contribution is 2.23. The van der Waals surface area contributed by atoms with Gasteiger partial charge in [-0.05, 0) is 48.0 Å². The van der Waals surface area contributed by atoms with Crippen LogP contribution in [-0.2, 0) is 11.3 Å². The maximum absolute atomic E-state index is 12.7. The third kappa shape index (κ3) is 5.90. The molecule has 0 saturated heterocycles. The summed E-state index contributed by atoms with van der Waals surface area (Å²) in [4.78, 5) is 32.6. The Bertz CT molecular complexity index is 1360. The summed E-state index contributed by atoms with van der Waals surface area (Å²) in [6.45, 7) is 1.27. The molecule has 9 heteroatoms. The minimum atomic E-state index is -1.05. The van der Waals surface area contributed by atoms with Crippen molar-refractivity contribution >= 4 is 34.3 Å². The van der Waals surface area contributed by atoms with E-state index < -0.39 is 5.97 Å². The molecule has 4 rings (SSSR count). The highest BCUT2D eigenvalue weighted by molar-refractivity contribution is 6.05. The summed E-state index contributed by atoms with van der Waals surface area (Å²) in [6.07, 6.45) is 1.33. The molecule has 0 aliphatic heterocycles. The van der Waals surface area contributed by atoms with Crippen molar-refractivity contribution in [3.05, 3.63) is 89.7 Å². The molecule has 0 unspecified atom stereocenters. The van der Waals surface area contributed by atoms with Gasteiger partial charge in [-0.15, -0.1) is 0 Å². The molecular formula is C26H24N4O5. The van der Waals surface area contributed by atoms with Crippen molar-refractivity contribution in [1.82, 2.24) is 9.97 Å². The molecule has 3 N–H and O–H groups in total. The van der Waals surface area contributed by atoms with Crippen molar-refractivity contribution in [2.45, 2.75) is 6.54 Å². The Morgan fingerprint density at radius 1 is 0.971 bits per heavy atom. The van der Waals surface area contributed by atoms with Gasteiger partial charge in [0.1, 0.15) is 24.5 Å². The number of fused-ring (bicyclic) bond motifs is 1. The first-order chi connectivity index (χ1) is 17.0. The zero-order valence-corrected chi connectivity index (χ0v) is 19.0. The maximum atomic E-state index is 12.7. The fourth-order valence-electron chi connectivity index (χ4n) is 3.52. The first-order valence-corrected chi connectivity index (χ1v) is 10.9. The predicted octanol–water partition coefficient (Wildman–Crippen LogP) is 4.22. The van der Waals surface area contributed by atoms with Crippen LogP contribution in [0.15, 0.2) is 73.1 Å². The summed E-state index contributed by atoms with van der Waals surface area (Å²) in [5.41, 5.74) is 2.50. The van der Waals surface area contributed by atoms with Crippen LogP contribution in [-0.4, -0.2) is 47.3 Å². The van der Waals surface area contributed by atoms with Crippen molar-refractivity contribution in [2.75, 3.05) is 31.0 Å². The summed E-state index contributed by atoms with van der Waals surface area (Å²) in [5, 5.41) is 16.2. The summed E-state index contributed by atoms with van der Waals surface area (Å²) >= 11 is 0. The number of carbonyl (C=O) groups excluding carboxylic acids is 1. The van der Waals surface area contributed by atoms with E-state index in [1.54, 1.807) is 49.6 Å². The molecule has 0 spiro atoms. The second-order valence-corrected chi connectivity index (χ2v) is 7.61. The molecule has 0 aliphatic rings. The number of hydrogen-bond acceptors (Lipinski definition) is 7. The van der Waals surface area contributed by atoms with Crippen LogP contribution in [0.3, 0.4) is 0 Å². The number of nitrogens with one attached hydrogen (secondary N) is 2. The van der Waals surface area contributed by atoms with Gasteiger partial charge >= 0.3 is 5.97 Å². The number of hydrogen-bond donors (Lipinski definition) is 3. The SMILES string of the molecule is COCCOc1cccc(C(=O)Nc2cccc(CNc3ncnc4c(C(=O)O)cccc34)c2)c1. The van der Waals surface area contributed by atoms with Crippen molar-refractivity contribution in [3.63, 3.8) is 0 Å². The number of nitrogens with zero attached hydrogens (tertiary/aromatic N) is 2. The lowest BCUT2D eigenvalue weighted by Gasteiger charge is -2.11. The molecular weight excluding hydrogens is 448 g/mol. The molecule has 1 heterocycles. The van der Waals surface area contributed by atoms with Gasteiger partial charge in [-0.25, -0.2) is 14.8 Å². The van der Waals surface area contributed by atoms with Gasteiger partial charge in [0.2, 0.25) is 0 Å². The molecule has 3 aromatic carbocycles. The molecule has 1 aromatic heterocycles. The van der Waals surface area contributed by atoms with E-state index in [2.05, 4.69) is 20.6 Å². The van der Waals surface area contributed by atoms with Gasteiger partial charge in [-0.2, -0.15) is 0 Å². The topological polar surface area (TPSA) is 123 Å². The summed E-state index contributed by atoms with van der Waals surface area (Å²) < 4.78 is 10.6. The fraction of sp³-hybridized carbons (Fsp3) is 0.154. The van der Waals surface area contributed by atoms with E-state index in [0.717, 1.165) is 5.56 Å². The van der Waals surface area contributed by atoms with Gasteiger partial charge in [-0.1, -0.05) is 24.3 Å². The highest BCUT2D eigenvalue weighted by atomic mass is 16.5. The third-order valence-electron chi connectivity index (χ3n) is 5.19. The average Bonchev–Trinajstić information content (AvgIpc) is 2.87. The lowest BCUT2D eigenvalue weighted by atomic mass is 10.1. The lowest BCUT2D eigenvalue weighted by molar-refractivity contribution is 0.0698. The molecule has 9 nitrogen and oxygen atoms in total. The van der Waals surface area contributed by atoms with E-state index in [1.165, 1.54) is 12.4 Å². The summed E-state index contributed by atoms with van der Waals surface area (Å²) in [5.74, 6) is -0.181. The van der Waals surface area contributed by atoms with Crippen LogP contribution in [0.5, 0.6) is 5.75 Å². The van der Waals surface area contributed by atoms with Crippen molar-refractivity contribution in [2.24, 2.45) is 0 Å². The molecule has 0 radical (unpaired) electrons. The van der Waals surface area contributed by atoms with Gasteiger partial charge in [0.15, 0.2) is 0 Å². The first kappa shape index (κ1) is 23.7. The molecule has 0 aliphatic carbocycles. The number of carboxylic acids is 1. The highest BCUT2D eigenvalue weighted by Gasteiger charge is 2.13. The predicted molar refractivity (Wildman–Crippen MR) is 132 cm³/mol. The van der Waals surface area contributed by atoms with Crippen molar-refractivity contribution in [1.29, 1.82) is 0 Å². The third-order valence-corrected chi connectivity index (χ3v) is 5.19. The molecule has 0 fully saturated rings. The number of para-hydroxylation sites is 1. The number of aromatic nitrogens is 2. The van der Waals surface area contributed by atoms with Crippen molar-refractivity contribution in [3.8, 4) is 5.75 Å². The summed E-state index contributed by atoms with van der Waals surface area (Å²) in [6, 6.07) is 19.3. The molecule has 178 valence electrons. The quantitative estimate of drug-likeness (QED) is 0.293. The summed E-state index contributed by atoms with van der Waals surface area (Å²) in [7, 11) is 1.60. The Hall–Kier alpha value is -4.50. The standard InChI is InChI=1S/C26H24N4O5/c1-34-11-12-35-20-8-3-6-18(14-20)25(31)30-19-7-2-5-17(13-19)15-27-24-21-9-4-10-22(26(32)33)23(21)28-16-29-24/h2-10,13-14,16H,11-12,15H2,1H3,(H,30,31)(H,32,33)(H,27,28,29). The Morgan fingerprint density at radius 2 is 1.80 bits per heavy atom. The van der Waals surface area contributed by atoms with E-state index in [0.29, 0.717) is 53.5 Å². The zero-order valence-electron chi connectivity index (χ0n) is 19.0. The largest absolute Gasteiger partial charge is 0.491 e. The van der Waals surface area contributed by atoms with E-state index >= 15 is 0 Å². The van der Waals surface area contributed by atoms with E-state index in [4.69, 9.17) is 9.47 Å². The van der Waals surface area contributed by atoms with Gasteiger partial charge in [-0.3, -0.25) is 4.79 Å². The van der Waals surface area contributed by atoms with Crippen molar-refractivity contribution < 1.29 is 24.2 Å². The number of ether oxygens (including phenoxy) is 2. The number of amides is 1. The van der Waals surface area contributed by atoms with Crippen LogP contribution in [0.2, 0.25) is 0 Å². The lowest BCUT2D eigenvalue weighted by Crippen LogP contribution is -2.13. The monoisotopic (exact) mass is 472 g/mol. The van der Waals surface area contributed by atoms with E-state index in [9.17, 15) is 14.7 Å². The Balaban J connectivity index is 1.44. The van der Waals surface area contributed by atoms with E-state index in [-0.39, 0.29) is 11.5 Å². The molecule has 0 atom stereocenters. The van der Waals surface area contributed by atoms with Gasteiger partial charge in [0, 0.05) is 30.3 Å². The number of carboxylic acid groups (broad SMARTS) is 1. The molecule has 1 amide bonds. The van der Waals surface area contributed by atoms with Crippen LogP contribution in [0, 0.1) is 0 Å². The smallest absolute Gasteiger partial charge is 0.337 e. The number of carbonyl (C=O) groups is 2. The molecule has 0 bridgehead atoms. The van der Waals surface area contributed by atoms with Gasteiger partial charge in [0.05, 0.1) is 17.7 Å². The van der Waals surface area contributed by atoms with Crippen LogP contribution < -0.4 is 15.4 Å². The normalized spacial score (nSPS) is 10.7. The second-order valence-electron chi connectivity index (χ2n) is 7.61. The minimum Gasteiger partial charge on any atom is -0.491 e. The fourth-order valence-corrected chi connectivity index (χ4v) is 3.52. The zero-order chi connectivity index (χ0) is 24.6. The Kier molecular flexibility index (Phi) is 7.49. The number of aromatic carboxylic acids is 1. The van der Waals surface area contributed by atoms with Crippen LogP contribution >= 0.6 is 0 Å². The first-order valence-electron chi connectivity index (χ1n) is 10.9. The molecule has 0 saturated carbocycles. The van der Waals surface area contributed by atoms with Crippen LogP contribution in [0.25, 0.3) is 10.9 Å².